The van der Waals surface area contributed by atoms with E-state index in [9.17, 15) is 23.1 Å². The van der Waals surface area contributed by atoms with Crippen molar-refractivity contribution in [3.63, 3.8) is 0 Å². The highest BCUT2D eigenvalue weighted by Crippen LogP contribution is 2.40. The molecule has 0 unspecified atom stereocenters. The van der Waals surface area contributed by atoms with Crippen molar-refractivity contribution in [1.29, 1.82) is 0 Å². The Morgan fingerprint density at radius 3 is 1.04 bits per heavy atom. The molecule has 3 aromatic carbocycles. The third-order valence-electron chi connectivity index (χ3n) is 4.94. The summed E-state index contributed by atoms with van der Waals surface area (Å²) in [7, 11) is 0. The van der Waals surface area contributed by atoms with Crippen LogP contribution in [0.2, 0.25) is 0 Å². The molecule has 3 rings (SSSR count). The van der Waals surface area contributed by atoms with Crippen LogP contribution in [0, 0.1) is 0 Å². The fourth-order valence-electron chi connectivity index (χ4n) is 3.40. The van der Waals surface area contributed by atoms with Crippen molar-refractivity contribution in [3.05, 3.63) is 106 Å². The van der Waals surface area contributed by atoms with Gasteiger partial charge in [-0.3, -0.25) is 4.79 Å². The van der Waals surface area contributed by atoms with E-state index in [1.54, 1.807) is 72.8 Å². The number of carboxylic acid groups (broad SMARTS) is 1. The zero-order valence-electron chi connectivity index (χ0n) is 15.0. The first-order chi connectivity index (χ1) is 13.6. The fraction of sp³-hybridized carbons (Fsp3) is 0.174. The van der Waals surface area contributed by atoms with E-state index < -0.39 is 31.4 Å². The van der Waals surface area contributed by atoms with Crippen LogP contribution in [0.5, 0.6) is 0 Å². The summed E-state index contributed by atoms with van der Waals surface area (Å²) >= 11 is 0. The molecule has 0 heterocycles. The predicted molar refractivity (Wildman–Crippen MR) is 101 cm³/mol. The number of alkyl halides is 3. The molecule has 0 aliphatic heterocycles. The third kappa shape index (κ3) is 3.40. The topological polar surface area (TPSA) is 37.3 Å². The SMILES string of the molecule is O=C(O)C(c1ccc(CF)cc1)(c1ccc(CF)cc1)c1ccc(CF)cc1. The van der Waals surface area contributed by atoms with E-state index in [-0.39, 0.29) is 0 Å². The number of carbonyl (C=O) groups is 1. The maximum atomic E-state index is 12.9. The second-order valence-corrected chi connectivity index (χ2v) is 6.55. The minimum atomic E-state index is -1.60. The Bertz CT molecular complexity index is 817. The molecule has 3 aromatic rings. The van der Waals surface area contributed by atoms with Crippen LogP contribution < -0.4 is 0 Å². The fourth-order valence-corrected chi connectivity index (χ4v) is 3.40. The Labute approximate surface area is 161 Å². The number of aliphatic carboxylic acids is 1. The van der Waals surface area contributed by atoms with Crippen molar-refractivity contribution in [1.82, 2.24) is 0 Å². The van der Waals surface area contributed by atoms with Crippen molar-refractivity contribution in [2.24, 2.45) is 0 Å². The van der Waals surface area contributed by atoms with Gasteiger partial charge in [-0.1, -0.05) is 72.8 Å². The van der Waals surface area contributed by atoms with Crippen molar-refractivity contribution < 1.29 is 23.1 Å². The zero-order valence-corrected chi connectivity index (χ0v) is 15.0. The number of hydrogen-bond donors (Lipinski definition) is 1. The molecule has 0 saturated carbocycles. The lowest BCUT2D eigenvalue weighted by molar-refractivity contribution is -0.140. The predicted octanol–water partition coefficient (Wildman–Crippen LogP) is 5.51. The zero-order chi connectivity index (χ0) is 20.1. The van der Waals surface area contributed by atoms with Gasteiger partial charge in [0.15, 0.2) is 0 Å². The van der Waals surface area contributed by atoms with Gasteiger partial charge in [-0.25, -0.2) is 13.2 Å². The maximum Gasteiger partial charge on any atom is 0.323 e. The Morgan fingerprint density at radius 1 is 0.607 bits per heavy atom. The quantitative estimate of drug-likeness (QED) is 0.545. The average Bonchev–Trinajstić information content (AvgIpc) is 2.75. The van der Waals surface area contributed by atoms with E-state index in [1.807, 2.05) is 0 Å². The molecule has 0 aliphatic rings. The summed E-state index contributed by atoms with van der Waals surface area (Å²) in [4.78, 5) is 12.7. The summed E-state index contributed by atoms with van der Waals surface area (Å²) in [6.07, 6.45) is 0. The molecular weight excluding hydrogens is 365 g/mol. The second-order valence-electron chi connectivity index (χ2n) is 6.55. The van der Waals surface area contributed by atoms with Gasteiger partial charge in [0.25, 0.3) is 0 Å². The number of halogens is 3. The van der Waals surface area contributed by atoms with Crippen LogP contribution in [0.15, 0.2) is 72.8 Å². The molecule has 0 aliphatic carbocycles. The minimum Gasteiger partial charge on any atom is -0.480 e. The Kier molecular flexibility index (Phi) is 5.83. The van der Waals surface area contributed by atoms with Gasteiger partial charge in [0.05, 0.1) is 0 Å². The molecule has 144 valence electrons. The van der Waals surface area contributed by atoms with Crippen LogP contribution in [0.3, 0.4) is 0 Å². The van der Waals surface area contributed by atoms with Crippen LogP contribution in [0.1, 0.15) is 33.4 Å². The lowest BCUT2D eigenvalue weighted by atomic mass is 9.69. The average molecular weight is 384 g/mol. The Hall–Kier alpha value is -3.08. The molecule has 5 heteroatoms. The smallest absolute Gasteiger partial charge is 0.323 e. The standard InChI is InChI=1S/C23H19F3O2/c24-13-16-1-7-19(8-2-16)23(22(27)28,20-9-3-17(14-25)4-10-20)21-11-5-18(15-26)6-12-21/h1-12H,13-15H2,(H,27,28). The van der Waals surface area contributed by atoms with Gasteiger partial charge in [-0.2, -0.15) is 0 Å². The first kappa shape index (κ1) is 19.7. The van der Waals surface area contributed by atoms with E-state index in [0.717, 1.165) is 0 Å². The highest BCUT2D eigenvalue weighted by atomic mass is 19.1. The van der Waals surface area contributed by atoms with E-state index >= 15 is 0 Å². The summed E-state index contributed by atoms with van der Waals surface area (Å²) in [5.41, 5.74) is 0.990. The number of carboxylic acids is 1. The molecule has 2 nitrogen and oxygen atoms in total. The highest BCUT2D eigenvalue weighted by Gasteiger charge is 2.44. The largest absolute Gasteiger partial charge is 0.480 e. The molecule has 0 amide bonds. The van der Waals surface area contributed by atoms with E-state index in [1.165, 1.54) is 0 Å². The van der Waals surface area contributed by atoms with Gasteiger partial charge in [0, 0.05) is 0 Å². The third-order valence-corrected chi connectivity index (χ3v) is 4.94. The molecule has 0 bridgehead atoms. The molecule has 0 aromatic heterocycles. The monoisotopic (exact) mass is 384 g/mol. The number of hydrogen-bond acceptors (Lipinski definition) is 1. The summed E-state index contributed by atoms with van der Waals surface area (Å²) in [5, 5.41) is 10.3. The number of rotatable bonds is 7. The summed E-state index contributed by atoms with van der Waals surface area (Å²) in [6.45, 7) is -1.97. The van der Waals surface area contributed by atoms with Gasteiger partial charge >= 0.3 is 5.97 Å². The summed E-state index contributed by atoms with van der Waals surface area (Å²) in [6, 6.07) is 18.7. The van der Waals surface area contributed by atoms with Crippen LogP contribution >= 0.6 is 0 Å². The van der Waals surface area contributed by atoms with Gasteiger partial charge < -0.3 is 5.11 Å². The number of benzene rings is 3. The maximum absolute atomic E-state index is 12.9. The molecule has 0 atom stereocenters. The molecule has 0 spiro atoms. The molecule has 1 N–H and O–H groups in total. The highest BCUT2D eigenvalue weighted by molar-refractivity contribution is 5.91. The second kappa shape index (κ2) is 8.30. The van der Waals surface area contributed by atoms with E-state index in [2.05, 4.69) is 0 Å². The lowest BCUT2D eigenvalue weighted by Crippen LogP contribution is -2.38. The first-order valence-electron chi connectivity index (χ1n) is 8.75. The first-order valence-corrected chi connectivity index (χ1v) is 8.75. The molecule has 28 heavy (non-hydrogen) atoms. The van der Waals surface area contributed by atoms with Crippen LogP contribution in [0.4, 0.5) is 13.2 Å². The van der Waals surface area contributed by atoms with E-state index in [4.69, 9.17) is 0 Å². The van der Waals surface area contributed by atoms with Gasteiger partial charge in [-0.05, 0) is 33.4 Å². The molecule has 0 fully saturated rings. The van der Waals surface area contributed by atoms with Crippen LogP contribution in [-0.4, -0.2) is 11.1 Å². The van der Waals surface area contributed by atoms with Crippen molar-refractivity contribution in [2.75, 3.05) is 0 Å². The van der Waals surface area contributed by atoms with E-state index in [0.29, 0.717) is 33.4 Å². The molecule has 0 saturated heterocycles. The Morgan fingerprint density at radius 2 is 0.857 bits per heavy atom. The summed E-state index contributed by atoms with van der Waals surface area (Å²) in [5.74, 6) is -1.14. The van der Waals surface area contributed by atoms with Crippen molar-refractivity contribution in [3.8, 4) is 0 Å². The molecule has 0 radical (unpaired) electrons. The van der Waals surface area contributed by atoms with Crippen molar-refractivity contribution in [2.45, 2.75) is 25.4 Å². The van der Waals surface area contributed by atoms with Crippen LogP contribution in [0.25, 0.3) is 0 Å². The van der Waals surface area contributed by atoms with Gasteiger partial charge in [-0.15, -0.1) is 0 Å². The summed E-state index contributed by atoms with van der Waals surface area (Å²) < 4.78 is 38.8. The van der Waals surface area contributed by atoms with Crippen LogP contribution in [-0.2, 0) is 30.2 Å². The van der Waals surface area contributed by atoms with Gasteiger partial charge in [0.1, 0.15) is 25.4 Å². The molecular formula is C23H19F3O2. The minimum absolute atomic E-state index is 0.429. The lowest BCUT2D eigenvalue weighted by Gasteiger charge is -2.32. The normalized spacial score (nSPS) is 11.4. The Balaban J connectivity index is 2.28. The van der Waals surface area contributed by atoms with Crippen molar-refractivity contribution >= 4 is 5.97 Å². The van der Waals surface area contributed by atoms with Gasteiger partial charge in [0.2, 0.25) is 0 Å².